The number of rotatable bonds is 11. The molecule has 0 aliphatic carbocycles. The van der Waals surface area contributed by atoms with E-state index in [0.29, 0.717) is 30.3 Å². The lowest BCUT2D eigenvalue weighted by Gasteiger charge is -2.29. The molecule has 0 spiro atoms. The van der Waals surface area contributed by atoms with Gasteiger partial charge in [-0.3, -0.25) is 0 Å². The van der Waals surface area contributed by atoms with Crippen molar-refractivity contribution in [3.8, 4) is 0 Å². The van der Waals surface area contributed by atoms with E-state index in [2.05, 4.69) is 49.3 Å². The fraction of sp³-hybridized carbons (Fsp3) is 0.407. The Labute approximate surface area is 230 Å². The van der Waals surface area contributed by atoms with E-state index in [1.807, 2.05) is 19.9 Å². The molecule has 1 aromatic heterocycles. The van der Waals surface area contributed by atoms with Crippen LogP contribution < -0.4 is 20.3 Å². The van der Waals surface area contributed by atoms with Crippen LogP contribution in [-0.4, -0.2) is 50.7 Å². The van der Waals surface area contributed by atoms with Crippen LogP contribution in [0.1, 0.15) is 39.2 Å². The number of halogens is 1. The van der Waals surface area contributed by atoms with Crippen molar-refractivity contribution in [2.24, 2.45) is 0 Å². The number of nitrogens with one attached hydrogen (secondary N) is 3. The summed E-state index contributed by atoms with van der Waals surface area (Å²) < 4.78 is 34.5. The summed E-state index contributed by atoms with van der Waals surface area (Å²) in [6.45, 7) is 9.21. The summed E-state index contributed by atoms with van der Waals surface area (Å²) >= 11 is 6.41. The van der Waals surface area contributed by atoms with E-state index in [0.717, 1.165) is 49.7 Å². The normalized spacial score (nSPS) is 14.1. The molecule has 0 saturated carbocycles. The molecule has 1 saturated heterocycles. The highest BCUT2D eigenvalue weighted by Crippen LogP contribution is 2.30. The molecule has 0 atom stereocenters. The van der Waals surface area contributed by atoms with Crippen LogP contribution in [0.4, 0.5) is 28.8 Å². The molecule has 0 unspecified atom stereocenters. The highest BCUT2D eigenvalue weighted by atomic mass is 35.5. The zero-order valence-electron chi connectivity index (χ0n) is 22.0. The molecule has 1 aliphatic heterocycles. The SMILES string of the molecule is CCc1cc(N2CCOCC2)ccc1Nc1ncc(Cl)c(Nc2ccccc2S(=O)(=O)NC(CC)CC)n1. The van der Waals surface area contributed by atoms with Crippen LogP contribution in [-0.2, 0) is 21.2 Å². The number of aromatic nitrogens is 2. The number of ether oxygens (including phenoxy) is 1. The lowest BCUT2D eigenvalue weighted by Crippen LogP contribution is -2.36. The monoisotopic (exact) mass is 558 g/mol. The van der Waals surface area contributed by atoms with Gasteiger partial charge in [-0.25, -0.2) is 18.1 Å². The number of anilines is 5. The quantitative estimate of drug-likeness (QED) is 0.284. The van der Waals surface area contributed by atoms with Gasteiger partial charge in [-0.15, -0.1) is 0 Å². The van der Waals surface area contributed by atoms with Crippen molar-refractivity contribution in [1.29, 1.82) is 0 Å². The van der Waals surface area contributed by atoms with E-state index >= 15 is 0 Å². The minimum atomic E-state index is -3.75. The highest BCUT2D eigenvalue weighted by molar-refractivity contribution is 7.89. The van der Waals surface area contributed by atoms with Gasteiger partial charge in [0.05, 0.1) is 25.1 Å². The first-order chi connectivity index (χ1) is 18.3. The maximum Gasteiger partial charge on any atom is 0.242 e. The molecule has 2 heterocycles. The topological polar surface area (TPSA) is 108 Å². The number of para-hydroxylation sites is 1. The summed E-state index contributed by atoms with van der Waals surface area (Å²) in [5, 5.41) is 6.67. The van der Waals surface area contributed by atoms with E-state index in [4.69, 9.17) is 16.3 Å². The largest absolute Gasteiger partial charge is 0.378 e. The van der Waals surface area contributed by atoms with Gasteiger partial charge >= 0.3 is 0 Å². The molecule has 0 amide bonds. The predicted molar refractivity (Wildman–Crippen MR) is 154 cm³/mol. The van der Waals surface area contributed by atoms with Gasteiger partial charge in [-0.2, -0.15) is 4.98 Å². The van der Waals surface area contributed by atoms with Gasteiger partial charge in [0.2, 0.25) is 16.0 Å². The van der Waals surface area contributed by atoms with Crippen LogP contribution in [0.2, 0.25) is 5.02 Å². The van der Waals surface area contributed by atoms with Gasteiger partial charge in [-0.05, 0) is 55.2 Å². The van der Waals surface area contributed by atoms with Gasteiger partial charge in [0, 0.05) is 30.5 Å². The average Bonchev–Trinajstić information content (AvgIpc) is 2.94. The number of sulfonamides is 1. The second kappa shape index (κ2) is 12.8. The Morgan fingerprint density at radius 2 is 1.76 bits per heavy atom. The molecule has 0 radical (unpaired) electrons. The summed E-state index contributed by atoms with van der Waals surface area (Å²) in [7, 11) is -3.75. The molecular weight excluding hydrogens is 524 g/mol. The molecule has 0 bridgehead atoms. The van der Waals surface area contributed by atoms with Crippen LogP contribution >= 0.6 is 11.6 Å². The summed E-state index contributed by atoms with van der Waals surface area (Å²) in [6, 6.07) is 12.8. The summed E-state index contributed by atoms with van der Waals surface area (Å²) in [4.78, 5) is 11.3. The maximum atomic E-state index is 13.1. The van der Waals surface area contributed by atoms with Gasteiger partial charge in [0.25, 0.3) is 0 Å². The second-order valence-electron chi connectivity index (χ2n) is 9.07. The van der Waals surface area contributed by atoms with E-state index < -0.39 is 10.0 Å². The predicted octanol–water partition coefficient (Wildman–Crippen LogP) is 5.48. The van der Waals surface area contributed by atoms with Gasteiger partial charge in [0.1, 0.15) is 9.92 Å². The first kappa shape index (κ1) is 28.1. The van der Waals surface area contributed by atoms with Crippen molar-refractivity contribution in [2.45, 2.75) is 51.0 Å². The van der Waals surface area contributed by atoms with Crippen molar-refractivity contribution in [1.82, 2.24) is 14.7 Å². The van der Waals surface area contributed by atoms with Crippen molar-refractivity contribution < 1.29 is 13.2 Å². The van der Waals surface area contributed by atoms with Gasteiger partial charge < -0.3 is 20.3 Å². The Balaban J connectivity index is 1.57. The zero-order valence-corrected chi connectivity index (χ0v) is 23.6. The van der Waals surface area contributed by atoms with E-state index in [9.17, 15) is 8.42 Å². The third kappa shape index (κ3) is 6.74. The van der Waals surface area contributed by atoms with Gasteiger partial charge in [-0.1, -0.05) is 44.5 Å². The minimum Gasteiger partial charge on any atom is -0.378 e. The molecule has 204 valence electrons. The van der Waals surface area contributed by atoms with Gasteiger partial charge in [0.15, 0.2) is 5.82 Å². The molecule has 9 nitrogen and oxygen atoms in total. The third-order valence-corrected chi connectivity index (χ3v) is 8.43. The lowest BCUT2D eigenvalue weighted by atomic mass is 10.1. The Bertz CT molecular complexity index is 1340. The number of morpholine rings is 1. The van der Waals surface area contributed by atoms with Crippen molar-refractivity contribution in [2.75, 3.05) is 41.8 Å². The molecule has 2 aromatic carbocycles. The number of hydrogen-bond donors (Lipinski definition) is 3. The fourth-order valence-corrected chi connectivity index (χ4v) is 6.02. The van der Waals surface area contributed by atoms with E-state index in [1.165, 1.54) is 6.20 Å². The molecule has 1 fully saturated rings. The van der Waals surface area contributed by atoms with Crippen molar-refractivity contribution in [3.05, 3.63) is 59.2 Å². The van der Waals surface area contributed by atoms with Crippen LogP contribution in [0, 0.1) is 0 Å². The average molecular weight is 559 g/mol. The molecule has 38 heavy (non-hydrogen) atoms. The molecular formula is C27H35ClN6O3S. The second-order valence-corrected chi connectivity index (χ2v) is 11.2. The lowest BCUT2D eigenvalue weighted by molar-refractivity contribution is 0.122. The van der Waals surface area contributed by atoms with Crippen LogP contribution in [0.25, 0.3) is 0 Å². The summed E-state index contributed by atoms with van der Waals surface area (Å²) in [5.41, 5.74) is 3.57. The molecule has 3 N–H and O–H groups in total. The van der Waals surface area contributed by atoms with E-state index in [-0.39, 0.29) is 16.0 Å². The Morgan fingerprint density at radius 3 is 2.47 bits per heavy atom. The first-order valence-electron chi connectivity index (χ1n) is 13.0. The first-order valence-corrected chi connectivity index (χ1v) is 14.8. The number of aryl methyl sites for hydroxylation is 1. The van der Waals surface area contributed by atoms with Crippen molar-refractivity contribution in [3.63, 3.8) is 0 Å². The number of benzene rings is 2. The third-order valence-electron chi connectivity index (χ3n) is 6.57. The minimum absolute atomic E-state index is 0.128. The smallest absolute Gasteiger partial charge is 0.242 e. The Kier molecular flexibility index (Phi) is 9.43. The fourth-order valence-electron chi connectivity index (χ4n) is 4.32. The number of nitrogens with zero attached hydrogens (tertiary/aromatic N) is 3. The Hall–Kier alpha value is -2.92. The maximum absolute atomic E-state index is 13.1. The highest BCUT2D eigenvalue weighted by Gasteiger charge is 2.22. The van der Waals surface area contributed by atoms with E-state index in [1.54, 1.807) is 24.3 Å². The zero-order chi connectivity index (χ0) is 27.1. The van der Waals surface area contributed by atoms with Crippen LogP contribution in [0.3, 0.4) is 0 Å². The molecule has 11 heteroatoms. The van der Waals surface area contributed by atoms with Crippen molar-refractivity contribution >= 4 is 50.5 Å². The summed E-state index contributed by atoms with van der Waals surface area (Å²) in [6.07, 6.45) is 3.72. The Morgan fingerprint density at radius 1 is 1.03 bits per heavy atom. The van der Waals surface area contributed by atoms with Crippen LogP contribution in [0.15, 0.2) is 53.6 Å². The molecule has 3 aromatic rings. The van der Waals surface area contributed by atoms with Crippen LogP contribution in [0.5, 0.6) is 0 Å². The number of hydrogen-bond acceptors (Lipinski definition) is 8. The molecule has 1 aliphatic rings. The summed E-state index contributed by atoms with van der Waals surface area (Å²) in [5.74, 6) is 0.651. The molecule has 4 rings (SSSR count). The standard InChI is InChI=1S/C27H35ClN6O3S/c1-4-19-17-21(34-13-15-37-16-14-34)11-12-23(19)31-27-29-18-22(28)26(32-27)30-24-9-7-8-10-25(24)38(35,36)33-20(5-2)6-3/h7-12,17-18,20,33H,4-6,13-16H2,1-3H3,(H2,29,30,31,32).